The van der Waals surface area contributed by atoms with Crippen LogP contribution >= 0.6 is 0 Å². The highest BCUT2D eigenvalue weighted by Gasteiger charge is 2.11. The zero-order valence-corrected chi connectivity index (χ0v) is 10.2. The van der Waals surface area contributed by atoms with Crippen LogP contribution in [0.5, 0.6) is 0 Å². The van der Waals surface area contributed by atoms with E-state index in [1.54, 1.807) is 0 Å². The van der Waals surface area contributed by atoms with Crippen LogP contribution in [0.25, 0.3) is 0 Å². The van der Waals surface area contributed by atoms with Gasteiger partial charge in [-0.25, -0.2) is 0 Å². The molecule has 0 amide bonds. The molecule has 0 aliphatic carbocycles. The van der Waals surface area contributed by atoms with E-state index in [9.17, 15) is 0 Å². The summed E-state index contributed by atoms with van der Waals surface area (Å²) >= 11 is 0. The number of hydrogen-bond donors (Lipinski definition) is 0. The molecule has 2 heteroatoms. The van der Waals surface area contributed by atoms with E-state index >= 15 is 0 Å². The molecule has 0 spiro atoms. The molecular weight excluding hydrogens is 160 g/mol. The van der Waals surface area contributed by atoms with Gasteiger partial charge in [0, 0.05) is 12.1 Å². The smallest absolute Gasteiger partial charge is 0.00413 e. The molecule has 0 aliphatic heterocycles. The van der Waals surface area contributed by atoms with Crippen LogP contribution < -0.4 is 0 Å². The Morgan fingerprint density at radius 1 is 0.846 bits per heavy atom. The van der Waals surface area contributed by atoms with Gasteiger partial charge in [0.25, 0.3) is 0 Å². The first kappa shape index (κ1) is 12.9. The van der Waals surface area contributed by atoms with Gasteiger partial charge >= 0.3 is 0 Å². The third-order valence-electron chi connectivity index (χ3n) is 2.35. The standard InChI is InChI=1S/C11H26N2/c1-10(2)13(11(3)4)9-7-8-12(5)6/h10-11H,7-9H2,1-6H3. The van der Waals surface area contributed by atoms with Crippen LogP contribution in [0.3, 0.4) is 0 Å². The van der Waals surface area contributed by atoms with Crippen molar-refractivity contribution in [1.29, 1.82) is 0 Å². The summed E-state index contributed by atoms with van der Waals surface area (Å²) in [6, 6.07) is 1.34. The highest BCUT2D eigenvalue weighted by atomic mass is 15.2. The molecule has 0 rings (SSSR count). The average molecular weight is 186 g/mol. The van der Waals surface area contributed by atoms with E-state index in [0.29, 0.717) is 12.1 Å². The van der Waals surface area contributed by atoms with Gasteiger partial charge in [-0.05, 0) is 61.3 Å². The van der Waals surface area contributed by atoms with Crippen LogP contribution in [0.15, 0.2) is 0 Å². The topological polar surface area (TPSA) is 6.48 Å². The second-order valence-electron chi connectivity index (χ2n) is 4.58. The van der Waals surface area contributed by atoms with Crippen LogP contribution in [0.4, 0.5) is 0 Å². The fraction of sp³-hybridized carbons (Fsp3) is 1.00. The van der Waals surface area contributed by atoms with Gasteiger partial charge in [-0.2, -0.15) is 0 Å². The van der Waals surface area contributed by atoms with E-state index in [-0.39, 0.29) is 0 Å². The Labute approximate surface area is 83.9 Å². The Hall–Kier alpha value is -0.0800. The summed E-state index contributed by atoms with van der Waals surface area (Å²) in [7, 11) is 4.27. The quantitative estimate of drug-likeness (QED) is 0.626. The molecule has 0 aromatic carbocycles. The third kappa shape index (κ3) is 6.05. The maximum atomic E-state index is 2.55. The minimum absolute atomic E-state index is 0.669. The van der Waals surface area contributed by atoms with E-state index in [4.69, 9.17) is 0 Å². The highest BCUT2D eigenvalue weighted by molar-refractivity contribution is 4.67. The predicted octanol–water partition coefficient (Wildman–Crippen LogP) is 2.06. The molecule has 2 nitrogen and oxygen atoms in total. The molecule has 80 valence electrons. The summed E-state index contributed by atoms with van der Waals surface area (Å²) in [5.41, 5.74) is 0. The molecule has 0 saturated heterocycles. The minimum Gasteiger partial charge on any atom is -0.309 e. The van der Waals surface area contributed by atoms with Crippen molar-refractivity contribution >= 4 is 0 Å². The van der Waals surface area contributed by atoms with Crippen LogP contribution in [0.1, 0.15) is 34.1 Å². The van der Waals surface area contributed by atoms with Crippen molar-refractivity contribution in [2.75, 3.05) is 27.2 Å². The minimum atomic E-state index is 0.669. The summed E-state index contributed by atoms with van der Waals surface area (Å²) in [4.78, 5) is 4.79. The van der Waals surface area contributed by atoms with Crippen LogP contribution in [0, 0.1) is 0 Å². The molecule has 0 atom stereocenters. The Balaban J connectivity index is 3.70. The lowest BCUT2D eigenvalue weighted by molar-refractivity contribution is 0.167. The average Bonchev–Trinajstić information content (AvgIpc) is 1.95. The van der Waals surface area contributed by atoms with E-state index in [0.717, 1.165) is 0 Å². The molecule has 0 bridgehead atoms. The summed E-state index contributed by atoms with van der Waals surface area (Å²) < 4.78 is 0. The molecule has 0 saturated carbocycles. The summed E-state index contributed by atoms with van der Waals surface area (Å²) in [6.07, 6.45) is 1.27. The van der Waals surface area contributed by atoms with Gasteiger partial charge in [0.05, 0.1) is 0 Å². The first-order chi connectivity index (χ1) is 5.95. The fourth-order valence-corrected chi connectivity index (χ4v) is 1.68. The Morgan fingerprint density at radius 3 is 1.62 bits per heavy atom. The Morgan fingerprint density at radius 2 is 1.31 bits per heavy atom. The van der Waals surface area contributed by atoms with Gasteiger partial charge in [0.15, 0.2) is 0 Å². The summed E-state index contributed by atoms with van der Waals surface area (Å²) in [5.74, 6) is 0. The van der Waals surface area contributed by atoms with Gasteiger partial charge in [-0.1, -0.05) is 0 Å². The van der Waals surface area contributed by atoms with Crippen molar-refractivity contribution in [2.45, 2.75) is 46.2 Å². The number of hydrogen-bond acceptors (Lipinski definition) is 2. The zero-order chi connectivity index (χ0) is 10.4. The van der Waals surface area contributed by atoms with Gasteiger partial charge in [-0.3, -0.25) is 4.90 Å². The fourth-order valence-electron chi connectivity index (χ4n) is 1.68. The number of nitrogens with zero attached hydrogens (tertiary/aromatic N) is 2. The SMILES string of the molecule is CC(C)N(CCCN(C)C)C(C)C. The molecule has 0 N–H and O–H groups in total. The molecule has 13 heavy (non-hydrogen) atoms. The van der Waals surface area contributed by atoms with Crippen molar-refractivity contribution in [3.63, 3.8) is 0 Å². The predicted molar refractivity (Wildman–Crippen MR) is 60.1 cm³/mol. The normalized spacial score (nSPS) is 12.5. The van der Waals surface area contributed by atoms with Gasteiger partial charge < -0.3 is 4.90 Å². The first-order valence-electron chi connectivity index (χ1n) is 5.35. The maximum absolute atomic E-state index is 2.55. The maximum Gasteiger partial charge on any atom is 0.00413 e. The molecule has 0 aliphatic rings. The summed E-state index contributed by atoms with van der Waals surface area (Å²) in [6.45, 7) is 11.5. The van der Waals surface area contributed by atoms with Gasteiger partial charge in [0.1, 0.15) is 0 Å². The van der Waals surface area contributed by atoms with E-state index in [1.807, 2.05) is 0 Å². The number of rotatable bonds is 6. The van der Waals surface area contributed by atoms with Crippen molar-refractivity contribution in [2.24, 2.45) is 0 Å². The van der Waals surface area contributed by atoms with Gasteiger partial charge in [0.2, 0.25) is 0 Å². The second-order valence-corrected chi connectivity index (χ2v) is 4.58. The van der Waals surface area contributed by atoms with Crippen LogP contribution in [0.2, 0.25) is 0 Å². The lowest BCUT2D eigenvalue weighted by atomic mass is 10.2. The van der Waals surface area contributed by atoms with Crippen molar-refractivity contribution in [3.05, 3.63) is 0 Å². The van der Waals surface area contributed by atoms with E-state index in [2.05, 4.69) is 51.6 Å². The lowest BCUT2D eigenvalue weighted by Gasteiger charge is -2.30. The van der Waals surface area contributed by atoms with Crippen molar-refractivity contribution in [1.82, 2.24) is 9.80 Å². The van der Waals surface area contributed by atoms with E-state index in [1.165, 1.54) is 19.5 Å². The monoisotopic (exact) mass is 186 g/mol. The first-order valence-corrected chi connectivity index (χ1v) is 5.35. The highest BCUT2D eigenvalue weighted by Crippen LogP contribution is 2.05. The Bertz CT molecular complexity index is 111. The van der Waals surface area contributed by atoms with Crippen molar-refractivity contribution in [3.8, 4) is 0 Å². The van der Waals surface area contributed by atoms with Gasteiger partial charge in [-0.15, -0.1) is 0 Å². The molecule has 0 aromatic rings. The second kappa shape index (κ2) is 6.39. The van der Waals surface area contributed by atoms with Crippen LogP contribution in [-0.2, 0) is 0 Å². The van der Waals surface area contributed by atoms with Crippen LogP contribution in [-0.4, -0.2) is 49.1 Å². The molecule has 0 unspecified atom stereocenters. The van der Waals surface area contributed by atoms with Crippen molar-refractivity contribution < 1.29 is 0 Å². The third-order valence-corrected chi connectivity index (χ3v) is 2.35. The molecule has 0 heterocycles. The lowest BCUT2D eigenvalue weighted by Crippen LogP contribution is -2.38. The Kier molecular flexibility index (Phi) is 6.35. The molecule has 0 aromatic heterocycles. The summed E-state index contributed by atoms with van der Waals surface area (Å²) in [5, 5.41) is 0. The molecule has 0 fully saturated rings. The molecular formula is C11H26N2. The zero-order valence-electron chi connectivity index (χ0n) is 10.2. The molecule has 0 radical (unpaired) electrons. The largest absolute Gasteiger partial charge is 0.309 e. The van der Waals surface area contributed by atoms with E-state index < -0.39 is 0 Å².